The topological polar surface area (TPSA) is 78.9 Å². The van der Waals surface area contributed by atoms with Gasteiger partial charge in [-0.05, 0) is 23.1 Å². The van der Waals surface area contributed by atoms with Crippen molar-refractivity contribution in [3.8, 4) is 11.1 Å². The first-order valence-corrected chi connectivity index (χ1v) is 5.36. The van der Waals surface area contributed by atoms with Gasteiger partial charge in [0.25, 0.3) is 0 Å². The number of fused-ring (bicyclic) bond motifs is 1. The number of aromatic carboxylic acids is 1. The van der Waals surface area contributed by atoms with E-state index in [0.717, 1.165) is 16.3 Å². The van der Waals surface area contributed by atoms with Crippen LogP contribution in [-0.2, 0) is 0 Å². The van der Waals surface area contributed by atoms with E-state index in [2.05, 4.69) is 15.2 Å². The summed E-state index contributed by atoms with van der Waals surface area (Å²) in [5.41, 5.74) is 1.50. The predicted molar refractivity (Wildman–Crippen MR) is 73.5 cm³/mol. The summed E-state index contributed by atoms with van der Waals surface area (Å²) in [6, 6.07) is 7.59. The largest absolute Gasteiger partial charge is 0.477 e. The van der Waals surface area contributed by atoms with Crippen molar-refractivity contribution in [2.24, 2.45) is 0 Å². The number of pyridine rings is 1. The molecule has 0 aliphatic rings. The number of carbonyl (C=O) groups is 1. The highest BCUT2D eigenvalue weighted by atomic mass is 35.5. The van der Waals surface area contributed by atoms with Gasteiger partial charge in [-0.15, -0.1) is 12.4 Å². The Labute approximate surface area is 114 Å². The third kappa shape index (κ3) is 2.28. The maximum absolute atomic E-state index is 11.0. The minimum atomic E-state index is -1.02. The molecule has 2 heterocycles. The summed E-state index contributed by atoms with van der Waals surface area (Å²) in [5.74, 6) is -1.02. The molecular weight excluding hydrogens is 266 g/mol. The van der Waals surface area contributed by atoms with E-state index in [0.29, 0.717) is 5.56 Å². The fourth-order valence-electron chi connectivity index (χ4n) is 1.92. The summed E-state index contributed by atoms with van der Waals surface area (Å²) < 4.78 is 0. The number of halogens is 1. The molecule has 6 heteroatoms. The number of nitrogens with zero attached hydrogens (tertiary/aromatic N) is 2. The van der Waals surface area contributed by atoms with Crippen LogP contribution in [0.2, 0.25) is 0 Å². The maximum atomic E-state index is 11.0. The average molecular weight is 276 g/mol. The molecule has 0 aliphatic heterocycles. The number of hydrogen-bond donors (Lipinski definition) is 2. The Morgan fingerprint density at radius 1 is 1.16 bits per heavy atom. The molecule has 0 radical (unpaired) electrons. The molecule has 96 valence electrons. The molecule has 0 fully saturated rings. The number of aromatic nitrogens is 3. The SMILES string of the molecule is Cl.O=C(O)c1[nH]ncc1-c1ccc2cnccc2c1. The van der Waals surface area contributed by atoms with Crippen LogP contribution in [0.25, 0.3) is 21.9 Å². The van der Waals surface area contributed by atoms with Gasteiger partial charge in [-0.1, -0.05) is 12.1 Å². The summed E-state index contributed by atoms with van der Waals surface area (Å²) in [6.45, 7) is 0. The quantitative estimate of drug-likeness (QED) is 0.754. The van der Waals surface area contributed by atoms with Gasteiger partial charge in [0.15, 0.2) is 5.69 Å². The van der Waals surface area contributed by atoms with Crippen LogP contribution in [0.3, 0.4) is 0 Å². The first kappa shape index (κ1) is 13.0. The number of aromatic amines is 1. The van der Waals surface area contributed by atoms with Crippen molar-refractivity contribution < 1.29 is 9.90 Å². The highest BCUT2D eigenvalue weighted by Gasteiger charge is 2.13. The molecule has 5 nitrogen and oxygen atoms in total. The van der Waals surface area contributed by atoms with Crippen molar-refractivity contribution in [1.82, 2.24) is 15.2 Å². The van der Waals surface area contributed by atoms with Gasteiger partial charge in [0.05, 0.1) is 6.20 Å². The highest BCUT2D eigenvalue weighted by Crippen LogP contribution is 2.25. The third-order valence-electron chi connectivity index (χ3n) is 2.80. The zero-order valence-electron chi connectivity index (χ0n) is 9.70. The number of carboxylic acids is 1. The molecular formula is C13H10ClN3O2. The van der Waals surface area contributed by atoms with Crippen molar-refractivity contribution in [3.05, 3.63) is 48.5 Å². The van der Waals surface area contributed by atoms with Gasteiger partial charge in [-0.25, -0.2) is 4.79 Å². The van der Waals surface area contributed by atoms with Crippen LogP contribution in [-0.4, -0.2) is 26.3 Å². The molecule has 0 aliphatic carbocycles. The molecule has 0 saturated heterocycles. The van der Waals surface area contributed by atoms with Gasteiger partial charge in [0.2, 0.25) is 0 Å². The monoisotopic (exact) mass is 275 g/mol. The molecule has 3 aromatic rings. The highest BCUT2D eigenvalue weighted by molar-refractivity contribution is 5.95. The second-order valence-electron chi connectivity index (χ2n) is 3.90. The minimum Gasteiger partial charge on any atom is -0.477 e. The van der Waals surface area contributed by atoms with Crippen LogP contribution >= 0.6 is 12.4 Å². The van der Waals surface area contributed by atoms with Crippen LogP contribution in [0.5, 0.6) is 0 Å². The molecule has 0 spiro atoms. The normalized spacial score (nSPS) is 10.1. The molecule has 0 saturated carbocycles. The standard InChI is InChI=1S/C13H9N3O2.ClH/c17-13(18)12-11(7-15-16-12)9-1-2-10-6-14-4-3-8(10)5-9;/h1-7H,(H,15,16)(H,17,18);1H. The molecule has 2 aromatic heterocycles. The number of rotatable bonds is 2. The van der Waals surface area contributed by atoms with Gasteiger partial charge >= 0.3 is 5.97 Å². The van der Waals surface area contributed by atoms with Gasteiger partial charge in [-0.2, -0.15) is 5.10 Å². The third-order valence-corrected chi connectivity index (χ3v) is 2.80. The van der Waals surface area contributed by atoms with Crippen molar-refractivity contribution in [2.45, 2.75) is 0 Å². The fourth-order valence-corrected chi connectivity index (χ4v) is 1.92. The van der Waals surface area contributed by atoms with E-state index in [1.807, 2.05) is 24.3 Å². The Hall–Kier alpha value is -2.40. The van der Waals surface area contributed by atoms with Crippen LogP contribution in [0.4, 0.5) is 0 Å². The van der Waals surface area contributed by atoms with E-state index in [1.54, 1.807) is 12.4 Å². The second-order valence-corrected chi connectivity index (χ2v) is 3.90. The number of benzene rings is 1. The molecule has 19 heavy (non-hydrogen) atoms. The molecule has 0 atom stereocenters. The first-order chi connectivity index (χ1) is 8.75. The van der Waals surface area contributed by atoms with E-state index in [9.17, 15) is 4.79 Å². The lowest BCUT2D eigenvalue weighted by atomic mass is 10.0. The number of hydrogen-bond acceptors (Lipinski definition) is 3. The average Bonchev–Trinajstić information content (AvgIpc) is 2.87. The Balaban J connectivity index is 0.00000133. The van der Waals surface area contributed by atoms with E-state index in [1.165, 1.54) is 6.20 Å². The van der Waals surface area contributed by atoms with E-state index in [4.69, 9.17) is 5.11 Å². The van der Waals surface area contributed by atoms with E-state index in [-0.39, 0.29) is 18.1 Å². The van der Waals surface area contributed by atoms with Gasteiger partial charge in [0.1, 0.15) is 0 Å². The number of H-pyrrole nitrogens is 1. The molecule has 2 N–H and O–H groups in total. The smallest absolute Gasteiger partial charge is 0.354 e. The summed E-state index contributed by atoms with van der Waals surface area (Å²) in [6.07, 6.45) is 5.00. The van der Waals surface area contributed by atoms with E-state index < -0.39 is 5.97 Å². The summed E-state index contributed by atoms with van der Waals surface area (Å²) in [7, 11) is 0. The number of carboxylic acid groups (broad SMARTS) is 1. The first-order valence-electron chi connectivity index (χ1n) is 5.36. The summed E-state index contributed by atoms with van der Waals surface area (Å²) >= 11 is 0. The summed E-state index contributed by atoms with van der Waals surface area (Å²) in [5, 5.41) is 17.3. The van der Waals surface area contributed by atoms with E-state index >= 15 is 0 Å². The van der Waals surface area contributed by atoms with Gasteiger partial charge in [-0.3, -0.25) is 10.1 Å². The van der Waals surface area contributed by atoms with Crippen molar-refractivity contribution in [3.63, 3.8) is 0 Å². The second kappa shape index (κ2) is 5.07. The minimum absolute atomic E-state index is 0. The van der Waals surface area contributed by atoms with Crippen molar-refractivity contribution in [2.75, 3.05) is 0 Å². The lowest BCUT2D eigenvalue weighted by molar-refractivity contribution is 0.0691. The Bertz CT molecular complexity index is 739. The van der Waals surface area contributed by atoms with Gasteiger partial charge in [0, 0.05) is 23.3 Å². The molecule has 0 bridgehead atoms. The predicted octanol–water partition coefficient (Wildman–Crippen LogP) is 2.74. The van der Waals surface area contributed by atoms with Crippen LogP contribution in [0.1, 0.15) is 10.5 Å². The van der Waals surface area contributed by atoms with Crippen LogP contribution in [0.15, 0.2) is 42.9 Å². The maximum Gasteiger partial charge on any atom is 0.354 e. The fraction of sp³-hybridized carbons (Fsp3) is 0. The zero-order chi connectivity index (χ0) is 12.5. The Morgan fingerprint density at radius 3 is 2.79 bits per heavy atom. The van der Waals surface area contributed by atoms with Gasteiger partial charge < -0.3 is 5.11 Å². The molecule has 1 aromatic carbocycles. The van der Waals surface area contributed by atoms with Crippen molar-refractivity contribution >= 4 is 29.1 Å². The molecule has 0 unspecified atom stereocenters. The van der Waals surface area contributed by atoms with Crippen LogP contribution < -0.4 is 0 Å². The Kier molecular flexibility index (Phi) is 3.48. The van der Waals surface area contributed by atoms with Crippen molar-refractivity contribution in [1.29, 1.82) is 0 Å². The number of nitrogens with one attached hydrogen (secondary N) is 1. The molecule has 0 amide bonds. The lowest BCUT2D eigenvalue weighted by Crippen LogP contribution is -1.98. The lowest BCUT2D eigenvalue weighted by Gasteiger charge is -2.02. The Morgan fingerprint density at radius 2 is 2.00 bits per heavy atom. The van der Waals surface area contributed by atoms with Crippen LogP contribution in [0, 0.1) is 0 Å². The zero-order valence-corrected chi connectivity index (χ0v) is 10.5. The molecule has 3 rings (SSSR count). The summed E-state index contributed by atoms with van der Waals surface area (Å²) in [4.78, 5) is 15.1.